The lowest BCUT2D eigenvalue weighted by Gasteiger charge is -2.37. The fourth-order valence-corrected chi connectivity index (χ4v) is 3.09. The van der Waals surface area contributed by atoms with E-state index >= 15 is 0 Å². The Labute approximate surface area is 145 Å². The second-order valence-corrected chi connectivity index (χ2v) is 6.26. The summed E-state index contributed by atoms with van der Waals surface area (Å²) in [7, 11) is 0. The molecular weight excluding hydrogens is 329 g/mol. The Balaban J connectivity index is 1.57. The second kappa shape index (κ2) is 7.45. The predicted octanol–water partition coefficient (Wildman–Crippen LogP) is 3.56. The molecule has 3 nitrogen and oxygen atoms in total. The van der Waals surface area contributed by atoms with Crippen molar-refractivity contribution in [3.63, 3.8) is 0 Å². The maximum absolute atomic E-state index is 12.8. The standard InChI is InChI=1S/C19H21F3N2O/c20-19(21,22)16-7-4-8-17(13-16)24-11-9-23(10-12-24)14-18(25)15-5-2-1-3-6-15/h1-8,13,18,25H,9-12,14H2/t18-/m1/s1. The second-order valence-electron chi connectivity index (χ2n) is 6.26. The van der Waals surface area contributed by atoms with Gasteiger partial charge in [-0.1, -0.05) is 36.4 Å². The zero-order chi connectivity index (χ0) is 17.9. The molecule has 0 spiro atoms. The summed E-state index contributed by atoms with van der Waals surface area (Å²) in [5.74, 6) is 0. The topological polar surface area (TPSA) is 26.7 Å². The number of rotatable bonds is 4. The van der Waals surface area contributed by atoms with Crippen molar-refractivity contribution in [2.75, 3.05) is 37.6 Å². The van der Waals surface area contributed by atoms with Gasteiger partial charge in [0.25, 0.3) is 0 Å². The number of piperazine rings is 1. The summed E-state index contributed by atoms with van der Waals surface area (Å²) < 4.78 is 38.5. The zero-order valence-electron chi connectivity index (χ0n) is 13.8. The van der Waals surface area contributed by atoms with Crippen LogP contribution in [0.1, 0.15) is 17.2 Å². The van der Waals surface area contributed by atoms with Crippen molar-refractivity contribution in [1.82, 2.24) is 4.90 Å². The van der Waals surface area contributed by atoms with E-state index in [1.54, 1.807) is 6.07 Å². The quantitative estimate of drug-likeness (QED) is 0.913. The normalized spacial score (nSPS) is 17.5. The Kier molecular flexibility index (Phi) is 5.30. The van der Waals surface area contributed by atoms with Crippen LogP contribution in [-0.2, 0) is 6.18 Å². The molecule has 1 fully saturated rings. The Hall–Kier alpha value is -2.05. The summed E-state index contributed by atoms with van der Waals surface area (Å²) in [5.41, 5.74) is 0.854. The van der Waals surface area contributed by atoms with E-state index < -0.39 is 17.8 Å². The Morgan fingerprint density at radius 1 is 0.920 bits per heavy atom. The molecule has 1 atom stereocenters. The maximum Gasteiger partial charge on any atom is 0.416 e. The van der Waals surface area contributed by atoms with Crippen molar-refractivity contribution < 1.29 is 18.3 Å². The van der Waals surface area contributed by atoms with Crippen LogP contribution in [0.25, 0.3) is 0 Å². The first-order chi connectivity index (χ1) is 11.9. The van der Waals surface area contributed by atoms with Gasteiger partial charge in [-0.15, -0.1) is 0 Å². The molecule has 0 amide bonds. The van der Waals surface area contributed by atoms with E-state index in [2.05, 4.69) is 4.90 Å². The summed E-state index contributed by atoms with van der Waals surface area (Å²) in [6.45, 7) is 3.23. The number of anilines is 1. The highest BCUT2D eigenvalue weighted by molar-refractivity contribution is 5.49. The van der Waals surface area contributed by atoms with Gasteiger partial charge >= 0.3 is 6.18 Å². The highest BCUT2D eigenvalue weighted by Crippen LogP contribution is 2.32. The van der Waals surface area contributed by atoms with Crippen LogP contribution in [0.2, 0.25) is 0 Å². The molecule has 134 valence electrons. The number of aliphatic hydroxyl groups is 1. The predicted molar refractivity (Wildman–Crippen MR) is 91.5 cm³/mol. The highest BCUT2D eigenvalue weighted by Gasteiger charge is 2.31. The summed E-state index contributed by atoms with van der Waals surface area (Å²) >= 11 is 0. The van der Waals surface area contributed by atoms with E-state index in [-0.39, 0.29) is 0 Å². The molecule has 0 aliphatic carbocycles. The minimum absolute atomic E-state index is 0.528. The molecule has 2 aromatic carbocycles. The van der Waals surface area contributed by atoms with Gasteiger partial charge in [-0.2, -0.15) is 13.2 Å². The van der Waals surface area contributed by atoms with E-state index in [0.717, 1.165) is 11.6 Å². The van der Waals surface area contributed by atoms with Crippen LogP contribution < -0.4 is 4.90 Å². The third kappa shape index (κ3) is 4.52. The minimum Gasteiger partial charge on any atom is -0.387 e. The van der Waals surface area contributed by atoms with Crippen molar-refractivity contribution in [1.29, 1.82) is 0 Å². The van der Waals surface area contributed by atoms with Crippen molar-refractivity contribution in [2.24, 2.45) is 0 Å². The number of aliphatic hydroxyl groups excluding tert-OH is 1. The van der Waals surface area contributed by atoms with Crippen LogP contribution in [0.15, 0.2) is 54.6 Å². The Morgan fingerprint density at radius 2 is 1.60 bits per heavy atom. The van der Waals surface area contributed by atoms with Crippen LogP contribution in [0, 0.1) is 0 Å². The molecule has 1 aliphatic rings. The minimum atomic E-state index is -4.32. The molecule has 25 heavy (non-hydrogen) atoms. The SMILES string of the molecule is O[C@H](CN1CCN(c2cccc(C(F)(F)F)c2)CC1)c1ccccc1. The van der Waals surface area contributed by atoms with Gasteiger partial charge in [0, 0.05) is 38.4 Å². The molecule has 1 saturated heterocycles. The van der Waals surface area contributed by atoms with Crippen LogP contribution in [-0.4, -0.2) is 42.7 Å². The molecular formula is C19H21F3N2O. The van der Waals surface area contributed by atoms with Crippen LogP contribution in [0.4, 0.5) is 18.9 Å². The molecule has 1 aliphatic heterocycles. The van der Waals surface area contributed by atoms with E-state index in [1.165, 1.54) is 12.1 Å². The zero-order valence-corrected chi connectivity index (χ0v) is 13.8. The van der Waals surface area contributed by atoms with Gasteiger partial charge in [0.2, 0.25) is 0 Å². The number of hydrogen-bond acceptors (Lipinski definition) is 3. The van der Waals surface area contributed by atoms with E-state index in [1.807, 2.05) is 35.2 Å². The average molecular weight is 350 g/mol. The number of nitrogens with zero attached hydrogens (tertiary/aromatic N) is 2. The van der Waals surface area contributed by atoms with Gasteiger partial charge in [-0.3, -0.25) is 4.90 Å². The molecule has 0 unspecified atom stereocenters. The Morgan fingerprint density at radius 3 is 2.24 bits per heavy atom. The number of β-amino-alcohol motifs (C(OH)–C–C–N with tert-alkyl or cyclic N) is 1. The fraction of sp³-hybridized carbons (Fsp3) is 0.368. The van der Waals surface area contributed by atoms with Crippen LogP contribution in [0.3, 0.4) is 0 Å². The molecule has 0 saturated carbocycles. The van der Waals surface area contributed by atoms with Crippen molar-refractivity contribution in [2.45, 2.75) is 12.3 Å². The summed E-state index contributed by atoms with van der Waals surface area (Å²) in [5, 5.41) is 10.3. The average Bonchev–Trinajstić information content (AvgIpc) is 2.62. The highest BCUT2D eigenvalue weighted by atomic mass is 19.4. The first kappa shape index (κ1) is 17.8. The molecule has 1 N–H and O–H groups in total. The largest absolute Gasteiger partial charge is 0.416 e. The number of hydrogen-bond donors (Lipinski definition) is 1. The summed E-state index contributed by atoms with van der Waals surface area (Å²) in [6, 6.07) is 14.9. The van der Waals surface area contributed by atoms with Crippen LogP contribution in [0.5, 0.6) is 0 Å². The van der Waals surface area contributed by atoms with Gasteiger partial charge in [0.05, 0.1) is 11.7 Å². The molecule has 2 aromatic rings. The van der Waals surface area contributed by atoms with Gasteiger partial charge in [-0.05, 0) is 23.8 Å². The number of halogens is 3. The molecule has 6 heteroatoms. The molecule has 0 aromatic heterocycles. The molecule has 0 radical (unpaired) electrons. The maximum atomic E-state index is 12.8. The van der Waals surface area contributed by atoms with E-state index in [0.29, 0.717) is 38.4 Å². The third-order valence-electron chi connectivity index (χ3n) is 4.53. The summed E-state index contributed by atoms with van der Waals surface area (Å²) in [6.07, 6.45) is -4.88. The lowest BCUT2D eigenvalue weighted by Crippen LogP contribution is -2.47. The lowest BCUT2D eigenvalue weighted by molar-refractivity contribution is -0.137. The third-order valence-corrected chi connectivity index (χ3v) is 4.53. The van der Waals surface area contributed by atoms with Crippen molar-refractivity contribution in [3.05, 3.63) is 65.7 Å². The van der Waals surface area contributed by atoms with Gasteiger partial charge in [0.15, 0.2) is 0 Å². The van der Waals surface area contributed by atoms with Crippen LogP contribution >= 0.6 is 0 Å². The smallest absolute Gasteiger partial charge is 0.387 e. The monoisotopic (exact) mass is 350 g/mol. The van der Waals surface area contributed by atoms with E-state index in [9.17, 15) is 18.3 Å². The van der Waals surface area contributed by atoms with Gasteiger partial charge < -0.3 is 10.0 Å². The van der Waals surface area contributed by atoms with Gasteiger partial charge in [-0.25, -0.2) is 0 Å². The first-order valence-electron chi connectivity index (χ1n) is 8.31. The fourth-order valence-electron chi connectivity index (χ4n) is 3.09. The van der Waals surface area contributed by atoms with Crippen molar-refractivity contribution >= 4 is 5.69 Å². The molecule has 1 heterocycles. The molecule has 3 rings (SSSR count). The van der Waals surface area contributed by atoms with Crippen molar-refractivity contribution in [3.8, 4) is 0 Å². The lowest BCUT2D eigenvalue weighted by atomic mass is 10.1. The Bertz CT molecular complexity index is 683. The summed E-state index contributed by atoms with van der Waals surface area (Å²) in [4.78, 5) is 4.10. The first-order valence-corrected chi connectivity index (χ1v) is 8.31. The number of benzene rings is 2. The van der Waals surface area contributed by atoms with E-state index in [4.69, 9.17) is 0 Å². The number of alkyl halides is 3. The molecule has 0 bridgehead atoms. The van der Waals surface area contributed by atoms with Gasteiger partial charge in [0.1, 0.15) is 0 Å².